The third-order valence-electron chi connectivity index (χ3n) is 4.23. The van der Waals surface area contributed by atoms with Crippen molar-refractivity contribution in [2.24, 2.45) is 0 Å². The molecule has 0 spiro atoms. The van der Waals surface area contributed by atoms with Crippen LogP contribution < -0.4 is 0 Å². The average Bonchev–Trinajstić information content (AvgIpc) is 2.86. The van der Waals surface area contributed by atoms with Crippen molar-refractivity contribution in [1.82, 2.24) is 9.80 Å². The van der Waals surface area contributed by atoms with Crippen LogP contribution in [0.4, 0.5) is 4.79 Å². The minimum atomic E-state index is -0.126. The maximum absolute atomic E-state index is 11.4. The van der Waals surface area contributed by atoms with E-state index in [0.717, 1.165) is 32.6 Å². The highest BCUT2D eigenvalue weighted by Gasteiger charge is 2.36. The first-order valence-corrected chi connectivity index (χ1v) is 7.52. The number of cyclic esters (lactones) is 1. The minimum Gasteiger partial charge on any atom is -0.447 e. The molecule has 0 N–H and O–H groups in total. The molecule has 1 aromatic rings. The van der Waals surface area contributed by atoms with E-state index in [4.69, 9.17) is 4.74 Å². The summed E-state index contributed by atoms with van der Waals surface area (Å²) in [6.45, 7) is 4.47. The zero-order valence-electron chi connectivity index (χ0n) is 11.8. The summed E-state index contributed by atoms with van der Waals surface area (Å²) in [6, 6.07) is 10.9. The van der Waals surface area contributed by atoms with E-state index in [9.17, 15) is 4.79 Å². The van der Waals surface area contributed by atoms with Crippen molar-refractivity contribution < 1.29 is 9.53 Å². The van der Waals surface area contributed by atoms with E-state index >= 15 is 0 Å². The standard InChI is InChI=1S/C16H22N2O2/c19-16-18-11-10-17(12-15(18)13-20-16)9-5-4-8-14-6-2-1-3-7-14/h1-3,6-7,15H,4-5,8-13H2. The fraction of sp³-hybridized carbons (Fsp3) is 0.562. The molecule has 1 amide bonds. The molecule has 1 unspecified atom stereocenters. The van der Waals surface area contributed by atoms with Crippen molar-refractivity contribution in [1.29, 1.82) is 0 Å². The number of fused-ring (bicyclic) bond motifs is 1. The molecule has 0 aliphatic carbocycles. The summed E-state index contributed by atoms with van der Waals surface area (Å²) >= 11 is 0. The second-order valence-electron chi connectivity index (χ2n) is 5.67. The number of unbranched alkanes of at least 4 members (excludes halogenated alkanes) is 1. The van der Waals surface area contributed by atoms with E-state index in [1.54, 1.807) is 0 Å². The number of rotatable bonds is 5. The van der Waals surface area contributed by atoms with Gasteiger partial charge in [-0.1, -0.05) is 30.3 Å². The van der Waals surface area contributed by atoms with Crippen molar-refractivity contribution in [3.05, 3.63) is 35.9 Å². The summed E-state index contributed by atoms with van der Waals surface area (Å²) in [5, 5.41) is 0. The molecule has 2 aliphatic rings. The highest BCUT2D eigenvalue weighted by molar-refractivity contribution is 5.70. The van der Waals surface area contributed by atoms with Gasteiger partial charge in [-0.25, -0.2) is 4.79 Å². The lowest BCUT2D eigenvalue weighted by Gasteiger charge is -2.35. The molecule has 108 valence electrons. The van der Waals surface area contributed by atoms with Crippen molar-refractivity contribution in [2.75, 3.05) is 32.8 Å². The summed E-state index contributed by atoms with van der Waals surface area (Å²) in [5.74, 6) is 0. The number of carbonyl (C=O) groups is 1. The van der Waals surface area contributed by atoms with Gasteiger partial charge >= 0.3 is 6.09 Å². The maximum atomic E-state index is 11.4. The quantitative estimate of drug-likeness (QED) is 0.771. The Bertz CT molecular complexity index is 449. The van der Waals surface area contributed by atoms with Crippen LogP contribution in [0.2, 0.25) is 0 Å². The summed E-state index contributed by atoms with van der Waals surface area (Å²) in [4.78, 5) is 15.8. The number of amides is 1. The van der Waals surface area contributed by atoms with Gasteiger partial charge in [0.25, 0.3) is 0 Å². The Morgan fingerprint density at radius 2 is 2.00 bits per heavy atom. The molecule has 0 bridgehead atoms. The van der Waals surface area contributed by atoms with Gasteiger partial charge in [0, 0.05) is 19.6 Å². The van der Waals surface area contributed by atoms with E-state index < -0.39 is 0 Å². The molecule has 1 atom stereocenters. The molecule has 4 heteroatoms. The molecule has 20 heavy (non-hydrogen) atoms. The normalized spacial score (nSPS) is 22.7. The van der Waals surface area contributed by atoms with Gasteiger partial charge < -0.3 is 4.74 Å². The second-order valence-corrected chi connectivity index (χ2v) is 5.67. The van der Waals surface area contributed by atoms with Crippen LogP contribution in [0.25, 0.3) is 0 Å². The molecule has 0 saturated carbocycles. The third-order valence-corrected chi connectivity index (χ3v) is 4.23. The molecule has 1 aromatic carbocycles. The van der Waals surface area contributed by atoms with Crippen LogP contribution >= 0.6 is 0 Å². The van der Waals surface area contributed by atoms with Crippen molar-refractivity contribution in [2.45, 2.75) is 25.3 Å². The summed E-state index contributed by atoms with van der Waals surface area (Å²) in [6.07, 6.45) is 3.48. The first-order chi connectivity index (χ1) is 9.83. The van der Waals surface area contributed by atoms with Gasteiger partial charge in [0.2, 0.25) is 0 Å². The minimum absolute atomic E-state index is 0.126. The van der Waals surface area contributed by atoms with Gasteiger partial charge in [-0.15, -0.1) is 0 Å². The predicted molar refractivity (Wildman–Crippen MR) is 77.7 cm³/mol. The van der Waals surface area contributed by atoms with Gasteiger partial charge in [-0.05, 0) is 31.4 Å². The number of hydrogen-bond donors (Lipinski definition) is 0. The first kappa shape index (κ1) is 13.4. The van der Waals surface area contributed by atoms with Gasteiger partial charge in [0.15, 0.2) is 0 Å². The summed E-state index contributed by atoms with van der Waals surface area (Å²) in [5.41, 5.74) is 1.42. The van der Waals surface area contributed by atoms with Gasteiger partial charge in [-0.3, -0.25) is 9.80 Å². The van der Waals surface area contributed by atoms with E-state index in [1.807, 2.05) is 4.90 Å². The SMILES string of the molecule is O=C1OCC2CN(CCCCc3ccccc3)CCN12. The Hall–Kier alpha value is -1.55. The highest BCUT2D eigenvalue weighted by atomic mass is 16.6. The van der Waals surface area contributed by atoms with Gasteiger partial charge in [0.1, 0.15) is 6.61 Å². The maximum Gasteiger partial charge on any atom is 0.410 e. The highest BCUT2D eigenvalue weighted by Crippen LogP contribution is 2.18. The molecular formula is C16H22N2O2. The lowest BCUT2D eigenvalue weighted by Crippen LogP contribution is -2.52. The van der Waals surface area contributed by atoms with Crippen LogP contribution in [0, 0.1) is 0 Å². The second kappa shape index (κ2) is 6.27. The van der Waals surface area contributed by atoms with E-state index in [1.165, 1.54) is 18.4 Å². The predicted octanol–water partition coefficient (Wildman–Crippen LogP) is 2.15. The first-order valence-electron chi connectivity index (χ1n) is 7.52. The molecule has 2 heterocycles. The fourth-order valence-corrected chi connectivity index (χ4v) is 3.07. The van der Waals surface area contributed by atoms with E-state index in [0.29, 0.717) is 6.61 Å². The van der Waals surface area contributed by atoms with Gasteiger partial charge in [0.05, 0.1) is 6.04 Å². The van der Waals surface area contributed by atoms with Crippen LogP contribution in [-0.4, -0.2) is 54.7 Å². The topological polar surface area (TPSA) is 32.8 Å². The van der Waals surface area contributed by atoms with E-state index in [-0.39, 0.29) is 12.1 Å². The number of hydrogen-bond acceptors (Lipinski definition) is 3. The Labute approximate surface area is 120 Å². The number of nitrogens with zero attached hydrogens (tertiary/aromatic N) is 2. The van der Waals surface area contributed by atoms with Crippen molar-refractivity contribution in [3.8, 4) is 0 Å². The zero-order chi connectivity index (χ0) is 13.8. The Kier molecular flexibility index (Phi) is 4.21. The third kappa shape index (κ3) is 3.12. The van der Waals surface area contributed by atoms with Crippen LogP contribution in [0.1, 0.15) is 18.4 Å². The van der Waals surface area contributed by atoms with Crippen molar-refractivity contribution >= 4 is 6.09 Å². The Morgan fingerprint density at radius 1 is 1.15 bits per heavy atom. The van der Waals surface area contributed by atoms with Crippen molar-refractivity contribution in [3.63, 3.8) is 0 Å². The van der Waals surface area contributed by atoms with Gasteiger partial charge in [-0.2, -0.15) is 0 Å². The molecule has 2 saturated heterocycles. The number of benzene rings is 1. The number of piperazine rings is 1. The molecule has 2 fully saturated rings. The van der Waals surface area contributed by atoms with E-state index in [2.05, 4.69) is 35.2 Å². The number of ether oxygens (including phenoxy) is 1. The fourth-order valence-electron chi connectivity index (χ4n) is 3.07. The van der Waals surface area contributed by atoms with Crippen LogP contribution in [0.5, 0.6) is 0 Å². The molecule has 3 rings (SSSR count). The number of aryl methyl sites for hydroxylation is 1. The Balaban J connectivity index is 1.36. The molecule has 4 nitrogen and oxygen atoms in total. The smallest absolute Gasteiger partial charge is 0.410 e. The molecule has 0 aromatic heterocycles. The number of carbonyl (C=O) groups excluding carboxylic acids is 1. The largest absolute Gasteiger partial charge is 0.447 e. The average molecular weight is 274 g/mol. The lowest BCUT2D eigenvalue weighted by atomic mass is 10.1. The summed E-state index contributed by atoms with van der Waals surface area (Å²) < 4.78 is 5.09. The Morgan fingerprint density at radius 3 is 2.85 bits per heavy atom. The lowest BCUT2D eigenvalue weighted by molar-refractivity contribution is 0.118. The van der Waals surface area contributed by atoms with Crippen LogP contribution in [-0.2, 0) is 11.2 Å². The monoisotopic (exact) mass is 274 g/mol. The van der Waals surface area contributed by atoms with Crippen LogP contribution in [0.15, 0.2) is 30.3 Å². The zero-order valence-corrected chi connectivity index (χ0v) is 11.8. The molecular weight excluding hydrogens is 252 g/mol. The molecule has 0 radical (unpaired) electrons. The summed E-state index contributed by atoms with van der Waals surface area (Å²) in [7, 11) is 0. The van der Waals surface area contributed by atoms with Crippen LogP contribution in [0.3, 0.4) is 0 Å². The molecule has 2 aliphatic heterocycles.